The van der Waals surface area contributed by atoms with Crippen LogP contribution in [0.1, 0.15) is 29.7 Å². The van der Waals surface area contributed by atoms with E-state index in [0.717, 1.165) is 23.4 Å². The predicted octanol–water partition coefficient (Wildman–Crippen LogP) is 2.13. The molecule has 0 aliphatic rings. The zero-order valence-electron chi connectivity index (χ0n) is 15.0. The summed E-state index contributed by atoms with van der Waals surface area (Å²) in [6.45, 7) is 7.11. The second-order valence-electron chi connectivity index (χ2n) is 6.19. The monoisotopic (exact) mass is 329 g/mol. The lowest BCUT2D eigenvalue weighted by atomic mass is 10.0. The highest BCUT2D eigenvalue weighted by atomic mass is 16.1. The number of hydrogen-bond acceptors (Lipinski definition) is 5. The lowest BCUT2D eigenvalue weighted by molar-refractivity contribution is -0.120. The molecule has 0 aliphatic heterocycles. The molecule has 1 aromatic carbocycles. The number of ketones is 1. The Morgan fingerprint density at radius 3 is 2.67 bits per heavy atom. The van der Waals surface area contributed by atoms with E-state index < -0.39 is 0 Å². The van der Waals surface area contributed by atoms with Crippen molar-refractivity contribution in [3.8, 4) is 11.3 Å². The van der Waals surface area contributed by atoms with Gasteiger partial charge in [-0.2, -0.15) is 10.2 Å². The number of hydrogen-bond donors (Lipinski definition) is 2. The third-order valence-electron chi connectivity index (χ3n) is 4.25. The molecule has 0 bridgehead atoms. The molecule has 0 saturated carbocycles. The van der Waals surface area contributed by atoms with Gasteiger partial charge >= 0.3 is 0 Å². The molecule has 0 spiro atoms. The number of carbonyl (C=O) groups is 1. The second kappa shape index (κ2) is 8.19. The van der Waals surface area contributed by atoms with E-state index in [2.05, 4.69) is 42.6 Å². The van der Waals surface area contributed by atoms with E-state index in [9.17, 15) is 4.79 Å². The third kappa shape index (κ3) is 4.74. The molecule has 0 unspecified atom stereocenters. The molecule has 0 saturated heterocycles. The van der Waals surface area contributed by atoms with Crippen molar-refractivity contribution >= 4 is 5.78 Å². The average molecular weight is 329 g/mol. The minimum atomic E-state index is 0.164. The van der Waals surface area contributed by atoms with Crippen molar-refractivity contribution in [2.24, 2.45) is 5.84 Å². The molecule has 0 atom stereocenters. The SMILES string of the molecule is CNN(N)CCCC(=O)Cn1nc(-c2ccc(C)c(C)c2)cc1C. The summed E-state index contributed by atoms with van der Waals surface area (Å²) in [5.74, 6) is 5.78. The maximum atomic E-state index is 12.1. The molecule has 1 aromatic heterocycles. The first-order valence-electron chi connectivity index (χ1n) is 8.24. The molecule has 0 radical (unpaired) electrons. The molecule has 2 aromatic rings. The van der Waals surface area contributed by atoms with Crippen LogP contribution in [0.2, 0.25) is 0 Å². The van der Waals surface area contributed by atoms with E-state index in [4.69, 9.17) is 5.84 Å². The third-order valence-corrected chi connectivity index (χ3v) is 4.25. The van der Waals surface area contributed by atoms with E-state index in [0.29, 0.717) is 19.5 Å². The van der Waals surface area contributed by atoms with Gasteiger partial charge in [-0.3, -0.25) is 15.3 Å². The summed E-state index contributed by atoms with van der Waals surface area (Å²) in [4.78, 5) is 12.1. The molecule has 0 fully saturated rings. The summed E-state index contributed by atoms with van der Waals surface area (Å²) in [5.41, 5.74) is 8.30. The average Bonchev–Trinajstić information content (AvgIpc) is 2.90. The topological polar surface area (TPSA) is 76.2 Å². The molecular weight excluding hydrogens is 302 g/mol. The van der Waals surface area contributed by atoms with Crippen molar-refractivity contribution in [2.75, 3.05) is 13.6 Å². The minimum Gasteiger partial charge on any atom is -0.298 e. The highest BCUT2D eigenvalue weighted by Crippen LogP contribution is 2.22. The number of hydrazine groups is 2. The van der Waals surface area contributed by atoms with Gasteiger partial charge in [0.1, 0.15) is 0 Å². The first-order chi connectivity index (χ1) is 11.4. The predicted molar refractivity (Wildman–Crippen MR) is 96.1 cm³/mol. The van der Waals surface area contributed by atoms with Crippen molar-refractivity contribution in [3.05, 3.63) is 41.1 Å². The van der Waals surface area contributed by atoms with Crippen LogP contribution < -0.4 is 11.3 Å². The summed E-state index contributed by atoms with van der Waals surface area (Å²) in [6.07, 6.45) is 1.22. The Bertz CT molecular complexity index is 707. The number of Topliss-reactive ketones (excluding diaryl/α,β-unsaturated/α-hetero) is 1. The number of benzene rings is 1. The Morgan fingerprint density at radius 2 is 2.00 bits per heavy atom. The van der Waals surface area contributed by atoms with E-state index in [1.54, 1.807) is 11.7 Å². The second-order valence-corrected chi connectivity index (χ2v) is 6.19. The summed E-state index contributed by atoms with van der Waals surface area (Å²) in [6, 6.07) is 8.34. The van der Waals surface area contributed by atoms with Gasteiger partial charge < -0.3 is 0 Å². The molecule has 6 nitrogen and oxygen atoms in total. The lowest BCUT2D eigenvalue weighted by Gasteiger charge is -2.13. The van der Waals surface area contributed by atoms with Gasteiger partial charge in [0.15, 0.2) is 5.78 Å². The van der Waals surface area contributed by atoms with Crippen molar-refractivity contribution < 1.29 is 4.79 Å². The van der Waals surface area contributed by atoms with Crippen LogP contribution in [-0.4, -0.2) is 34.3 Å². The quantitative estimate of drug-likeness (QED) is 0.573. The number of rotatable bonds is 8. The fraction of sp³-hybridized carbons (Fsp3) is 0.444. The zero-order chi connectivity index (χ0) is 17.7. The van der Waals surface area contributed by atoms with E-state index in [1.807, 2.05) is 13.0 Å². The van der Waals surface area contributed by atoms with Crippen LogP contribution in [0, 0.1) is 20.8 Å². The van der Waals surface area contributed by atoms with E-state index in [-0.39, 0.29) is 5.78 Å². The maximum absolute atomic E-state index is 12.1. The fourth-order valence-electron chi connectivity index (χ4n) is 2.52. The van der Waals surface area contributed by atoms with Gasteiger partial charge in [-0.15, -0.1) is 0 Å². The number of nitrogens with one attached hydrogen (secondary N) is 1. The van der Waals surface area contributed by atoms with Gasteiger partial charge in [-0.25, -0.2) is 5.43 Å². The van der Waals surface area contributed by atoms with Crippen LogP contribution in [0.3, 0.4) is 0 Å². The van der Waals surface area contributed by atoms with Crippen molar-refractivity contribution in [1.82, 2.24) is 20.3 Å². The van der Waals surface area contributed by atoms with E-state index >= 15 is 0 Å². The Hall–Kier alpha value is -2.02. The molecule has 6 heteroatoms. The van der Waals surface area contributed by atoms with Crippen molar-refractivity contribution in [2.45, 2.75) is 40.2 Å². The standard InChI is InChI=1S/C18H27N5O/c1-13-7-8-16(10-14(13)2)18-11-15(3)22(21-18)12-17(24)6-5-9-23(19)20-4/h7-8,10-11,20H,5-6,9,12,19H2,1-4H3. The Labute approximate surface area is 143 Å². The molecule has 3 N–H and O–H groups in total. The summed E-state index contributed by atoms with van der Waals surface area (Å²) in [5, 5.41) is 6.07. The molecule has 24 heavy (non-hydrogen) atoms. The lowest BCUT2D eigenvalue weighted by Crippen LogP contribution is -2.41. The number of aryl methyl sites for hydroxylation is 3. The molecule has 130 valence electrons. The van der Waals surface area contributed by atoms with Gasteiger partial charge in [-0.1, -0.05) is 12.1 Å². The number of nitrogens with two attached hydrogens (primary N) is 1. The van der Waals surface area contributed by atoms with Crippen LogP contribution in [0.25, 0.3) is 11.3 Å². The van der Waals surface area contributed by atoms with Crippen LogP contribution >= 0.6 is 0 Å². The highest BCUT2D eigenvalue weighted by Gasteiger charge is 2.11. The smallest absolute Gasteiger partial charge is 0.154 e. The summed E-state index contributed by atoms with van der Waals surface area (Å²) < 4.78 is 1.78. The van der Waals surface area contributed by atoms with Gasteiger partial charge in [0.25, 0.3) is 0 Å². The van der Waals surface area contributed by atoms with Crippen molar-refractivity contribution in [1.29, 1.82) is 0 Å². The minimum absolute atomic E-state index is 0.164. The Kier molecular flexibility index (Phi) is 6.25. The summed E-state index contributed by atoms with van der Waals surface area (Å²) >= 11 is 0. The summed E-state index contributed by atoms with van der Waals surface area (Å²) in [7, 11) is 1.75. The highest BCUT2D eigenvalue weighted by molar-refractivity contribution is 5.78. The normalized spacial score (nSPS) is 11.2. The van der Waals surface area contributed by atoms with Gasteiger partial charge in [0.2, 0.25) is 0 Å². The largest absolute Gasteiger partial charge is 0.298 e. The van der Waals surface area contributed by atoms with Crippen molar-refractivity contribution in [3.63, 3.8) is 0 Å². The van der Waals surface area contributed by atoms with Crippen LogP contribution in [0.4, 0.5) is 0 Å². The number of aromatic nitrogens is 2. The Balaban J connectivity index is 2.00. The van der Waals surface area contributed by atoms with Crippen LogP contribution in [-0.2, 0) is 11.3 Å². The number of nitrogens with zero attached hydrogens (tertiary/aromatic N) is 3. The maximum Gasteiger partial charge on any atom is 0.154 e. The molecular formula is C18H27N5O. The molecule has 0 amide bonds. The number of carbonyl (C=O) groups excluding carboxylic acids is 1. The first-order valence-corrected chi connectivity index (χ1v) is 8.24. The van der Waals surface area contributed by atoms with Gasteiger partial charge in [0, 0.05) is 31.3 Å². The van der Waals surface area contributed by atoms with Crippen LogP contribution in [0.5, 0.6) is 0 Å². The molecule has 2 rings (SSSR count). The fourth-order valence-corrected chi connectivity index (χ4v) is 2.52. The first kappa shape index (κ1) is 18.3. The van der Waals surface area contributed by atoms with E-state index in [1.165, 1.54) is 16.2 Å². The van der Waals surface area contributed by atoms with Crippen LogP contribution in [0.15, 0.2) is 24.3 Å². The Morgan fingerprint density at radius 1 is 1.25 bits per heavy atom. The molecule has 0 aliphatic carbocycles. The molecule has 1 heterocycles. The van der Waals surface area contributed by atoms with Gasteiger partial charge in [0.05, 0.1) is 12.2 Å². The van der Waals surface area contributed by atoms with Gasteiger partial charge in [-0.05, 0) is 50.5 Å². The zero-order valence-corrected chi connectivity index (χ0v) is 15.0.